The van der Waals surface area contributed by atoms with Crippen LogP contribution in [0.4, 0.5) is 5.69 Å². The van der Waals surface area contributed by atoms with Crippen LogP contribution in [0.5, 0.6) is 0 Å². The van der Waals surface area contributed by atoms with E-state index in [1.165, 1.54) is 12.1 Å². The van der Waals surface area contributed by atoms with Crippen LogP contribution in [0.15, 0.2) is 59.5 Å². The molecule has 0 aliphatic carbocycles. The highest BCUT2D eigenvalue weighted by molar-refractivity contribution is 7.89. The largest absolute Gasteiger partial charge is 0.481 e. The molecule has 0 heterocycles. The highest BCUT2D eigenvalue weighted by Gasteiger charge is 2.25. The van der Waals surface area contributed by atoms with Gasteiger partial charge >= 0.3 is 11.9 Å². The molecule has 172 valence electrons. The highest BCUT2D eigenvalue weighted by atomic mass is 32.2. The van der Waals surface area contributed by atoms with Crippen LogP contribution in [-0.2, 0) is 31.0 Å². The number of para-hydroxylation sites is 1. The fraction of sp³-hybridized carbons (Fsp3) is 0.300. The van der Waals surface area contributed by atoms with Crippen molar-refractivity contribution in [3.8, 4) is 0 Å². The molecule has 1 atom stereocenters. The number of carbonyl (C=O) groups is 2. The summed E-state index contributed by atoms with van der Waals surface area (Å²) in [6.45, 7) is 0.0190. The van der Waals surface area contributed by atoms with Crippen molar-refractivity contribution in [1.29, 1.82) is 0 Å². The maximum absolute atomic E-state index is 12.3. The molecule has 0 amide bonds. The number of nitro benzene ring substituents is 1. The Labute approximate surface area is 184 Å². The number of carboxylic acids is 1. The smallest absolute Gasteiger partial charge is 0.324 e. The molecule has 1 unspecified atom stereocenters. The second-order valence-corrected chi connectivity index (χ2v) is 8.41. The minimum atomic E-state index is -4.12. The molecule has 2 aromatic rings. The number of nitrogens with one attached hydrogen (secondary N) is 2. The Morgan fingerprint density at radius 3 is 2.38 bits per heavy atom. The van der Waals surface area contributed by atoms with E-state index in [2.05, 4.69) is 10.0 Å². The van der Waals surface area contributed by atoms with E-state index in [4.69, 9.17) is 9.84 Å². The summed E-state index contributed by atoms with van der Waals surface area (Å²) >= 11 is 0. The second kappa shape index (κ2) is 11.9. The third-order valence-corrected chi connectivity index (χ3v) is 5.78. The molecule has 0 bridgehead atoms. The standard InChI is InChI=1S/C20H23N3O8S/c24-19(25)13-16(20(26)31-14-15-7-2-1-3-8-15)21-11-6-12-22-32(29,30)18-10-5-4-9-17(18)23(27)28/h1-5,7-10,16,21-22H,6,11-14H2,(H,24,25). The maximum Gasteiger partial charge on any atom is 0.324 e. The van der Waals surface area contributed by atoms with E-state index < -0.39 is 49.9 Å². The average Bonchev–Trinajstić information content (AvgIpc) is 2.76. The van der Waals surface area contributed by atoms with Crippen molar-refractivity contribution < 1.29 is 32.8 Å². The minimum Gasteiger partial charge on any atom is -0.481 e. The van der Waals surface area contributed by atoms with Crippen LogP contribution in [0.3, 0.4) is 0 Å². The first-order chi connectivity index (χ1) is 15.2. The predicted octanol–water partition coefficient (Wildman–Crippen LogP) is 1.44. The Morgan fingerprint density at radius 1 is 1.06 bits per heavy atom. The summed E-state index contributed by atoms with van der Waals surface area (Å²) < 4.78 is 32.1. The van der Waals surface area contributed by atoms with Gasteiger partial charge in [0.05, 0.1) is 11.3 Å². The summed E-state index contributed by atoms with van der Waals surface area (Å²) in [5.74, 6) is -1.94. The van der Waals surface area contributed by atoms with Gasteiger partial charge in [0.2, 0.25) is 10.0 Å². The molecule has 12 heteroatoms. The molecular weight excluding hydrogens is 442 g/mol. The molecule has 0 aromatic heterocycles. The van der Waals surface area contributed by atoms with Crippen molar-refractivity contribution in [2.45, 2.75) is 30.4 Å². The van der Waals surface area contributed by atoms with Gasteiger partial charge in [0.15, 0.2) is 4.90 Å². The number of ether oxygens (including phenoxy) is 1. The first-order valence-corrected chi connectivity index (χ1v) is 11.1. The molecule has 0 spiro atoms. The van der Waals surface area contributed by atoms with Crippen molar-refractivity contribution in [1.82, 2.24) is 10.0 Å². The number of aliphatic carboxylic acids is 1. The van der Waals surface area contributed by atoms with Crippen molar-refractivity contribution in [3.05, 3.63) is 70.3 Å². The predicted molar refractivity (Wildman–Crippen MR) is 113 cm³/mol. The lowest BCUT2D eigenvalue weighted by Crippen LogP contribution is -2.41. The fourth-order valence-corrected chi connectivity index (χ4v) is 3.97. The van der Waals surface area contributed by atoms with Crippen LogP contribution in [0.25, 0.3) is 0 Å². The number of nitrogens with zero attached hydrogens (tertiary/aromatic N) is 1. The molecule has 3 N–H and O–H groups in total. The zero-order valence-corrected chi connectivity index (χ0v) is 17.8. The van der Waals surface area contributed by atoms with Gasteiger partial charge in [0, 0.05) is 12.6 Å². The minimum absolute atomic E-state index is 0.00682. The number of nitro groups is 1. The van der Waals surface area contributed by atoms with E-state index in [0.717, 1.165) is 17.7 Å². The molecule has 11 nitrogen and oxygen atoms in total. The lowest BCUT2D eigenvalue weighted by molar-refractivity contribution is -0.387. The summed E-state index contributed by atoms with van der Waals surface area (Å²) in [4.78, 5) is 33.1. The van der Waals surface area contributed by atoms with Crippen LogP contribution in [0, 0.1) is 10.1 Å². The highest BCUT2D eigenvalue weighted by Crippen LogP contribution is 2.22. The first-order valence-electron chi connectivity index (χ1n) is 9.59. The van der Waals surface area contributed by atoms with Crippen molar-refractivity contribution in [3.63, 3.8) is 0 Å². The third-order valence-electron chi connectivity index (χ3n) is 4.28. The Morgan fingerprint density at radius 2 is 1.72 bits per heavy atom. The average molecular weight is 465 g/mol. The summed E-state index contributed by atoms with van der Waals surface area (Å²) in [7, 11) is -4.12. The number of esters is 1. The van der Waals surface area contributed by atoms with Crippen LogP contribution < -0.4 is 10.0 Å². The number of benzene rings is 2. The summed E-state index contributed by atoms with van der Waals surface area (Å²) in [5, 5.41) is 22.8. The van der Waals surface area contributed by atoms with E-state index in [9.17, 15) is 28.1 Å². The van der Waals surface area contributed by atoms with E-state index in [-0.39, 0.29) is 26.1 Å². The van der Waals surface area contributed by atoms with Crippen molar-refractivity contribution >= 4 is 27.6 Å². The van der Waals surface area contributed by atoms with Gasteiger partial charge in [0.1, 0.15) is 12.6 Å². The van der Waals surface area contributed by atoms with Gasteiger partial charge in [-0.05, 0) is 24.6 Å². The lowest BCUT2D eigenvalue weighted by Gasteiger charge is -2.16. The SMILES string of the molecule is O=C(O)CC(NCCCNS(=O)(=O)c1ccccc1[N+](=O)[O-])C(=O)OCc1ccccc1. The Hall–Kier alpha value is -3.35. The Kier molecular flexibility index (Phi) is 9.25. The first kappa shape index (κ1) is 24.9. The monoisotopic (exact) mass is 465 g/mol. The summed E-state index contributed by atoms with van der Waals surface area (Å²) in [5.41, 5.74) is 0.208. The van der Waals surface area contributed by atoms with Gasteiger partial charge in [0.25, 0.3) is 5.69 Å². The quantitative estimate of drug-likeness (QED) is 0.172. The summed E-state index contributed by atoms with van der Waals surface area (Å²) in [6.07, 6.45) is -0.308. The topological polar surface area (TPSA) is 165 Å². The van der Waals surface area contributed by atoms with Crippen LogP contribution >= 0.6 is 0 Å². The fourth-order valence-electron chi connectivity index (χ4n) is 2.73. The third kappa shape index (κ3) is 7.72. The molecule has 0 radical (unpaired) electrons. The Balaban J connectivity index is 1.85. The summed E-state index contributed by atoms with van der Waals surface area (Å²) in [6, 6.07) is 12.7. The molecule has 0 aliphatic rings. The number of sulfonamides is 1. The maximum atomic E-state index is 12.3. The molecule has 32 heavy (non-hydrogen) atoms. The van der Waals surface area contributed by atoms with Crippen LogP contribution in [0.2, 0.25) is 0 Å². The van der Waals surface area contributed by atoms with Crippen molar-refractivity contribution in [2.75, 3.05) is 13.1 Å². The zero-order chi connectivity index (χ0) is 23.6. The number of rotatable bonds is 13. The zero-order valence-electron chi connectivity index (χ0n) is 17.0. The lowest BCUT2D eigenvalue weighted by atomic mass is 10.2. The van der Waals surface area contributed by atoms with Crippen LogP contribution in [-0.4, -0.2) is 49.5 Å². The number of hydrogen-bond acceptors (Lipinski definition) is 8. The van der Waals surface area contributed by atoms with E-state index in [1.54, 1.807) is 24.3 Å². The van der Waals surface area contributed by atoms with Gasteiger partial charge in [-0.3, -0.25) is 19.7 Å². The van der Waals surface area contributed by atoms with E-state index in [1.807, 2.05) is 6.07 Å². The van der Waals surface area contributed by atoms with E-state index >= 15 is 0 Å². The number of hydrogen-bond donors (Lipinski definition) is 3. The molecule has 2 aromatic carbocycles. The number of carbonyl (C=O) groups excluding carboxylic acids is 1. The number of carboxylic acid groups (broad SMARTS) is 1. The Bertz CT molecular complexity index is 1040. The van der Waals surface area contributed by atoms with E-state index in [0.29, 0.717) is 0 Å². The molecule has 0 fully saturated rings. The van der Waals surface area contributed by atoms with Gasteiger partial charge in [-0.2, -0.15) is 0 Å². The normalized spacial score (nSPS) is 12.1. The van der Waals surface area contributed by atoms with Gasteiger partial charge in [-0.15, -0.1) is 0 Å². The molecular formula is C20H23N3O8S. The molecule has 0 saturated heterocycles. The van der Waals surface area contributed by atoms with Gasteiger partial charge in [-0.25, -0.2) is 13.1 Å². The molecule has 2 rings (SSSR count). The second-order valence-electron chi connectivity index (χ2n) is 6.67. The van der Waals surface area contributed by atoms with Crippen molar-refractivity contribution in [2.24, 2.45) is 0 Å². The molecule has 0 saturated carbocycles. The molecule has 0 aliphatic heterocycles. The van der Waals surface area contributed by atoms with Gasteiger partial charge in [-0.1, -0.05) is 42.5 Å². The van der Waals surface area contributed by atoms with Gasteiger partial charge < -0.3 is 15.2 Å². The van der Waals surface area contributed by atoms with Crippen LogP contribution in [0.1, 0.15) is 18.4 Å².